The van der Waals surface area contributed by atoms with Gasteiger partial charge in [0.25, 0.3) is 0 Å². The van der Waals surface area contributed by atoms with Crippen LogP contribution in [0.25, 0.3) is 0 Å². The molecule has 1 spiro atoms. The minimum Gasteiger partial charge on any atom is -0.381 e. The lowest BCUT2D eigenvalue weighted by atomic mass is 9.61. The van der Waals surface area contributed by atoms with E-state index in [9.17, 15) is 0 Å². The van der Waals surface area contributed by atoms with Crippen LogP contribution >= 0.6 is 15.9 Å². The van der Waals surface area contributed by atoms with Crippen LogP contribution in [0.15, 0.2) is 0 Å². The van der Waals surface area contributed by atoms with Crippen molar-refractivity contribution in [2.45, 2.75) is 74.8 Å². The van der Waals surface area contributed by atoms with Gasteiger partial charge in [0.15, 0.2) is 0 Å². The Morgan fingerprint density at radius 2 is 1.67 bits per heavy atom. The van der Waals surface area contributed by atoms with Crippen LogP contribution in [0.5, 0.6) is 0 Å². The van der Waals surface area contributed by atoms with Crippen LogP contribution in [0.2, 0.25) is 0 Å². The lowest BCUT2D eigenvalue weighted by Crippen LogP contribution is -2.56. The first-order valence-corrected chi connectivity index (χ1v) is 8.60. The topological polar surface area (TPSA) is 18.5 Å². The molecule has 0 aromatic carbocycles. The van der Waals surface area contributed by atoms with E-state index in [1.807, 2.05) is 0 Å². The fourth-order valence-corrected chi connectivity index (χ4v) is 5.05. The van der Waals surface area contributed by atoms with Crippen molar-refractivity contribution < 1.29 is 9.47 Å². The smallest absolute Gasteiger partial charge is 0.0656 e. The molecule has 0 N–H and O–H groups in total. The third-order valence-corrected chi connectivity index (χ3v) is 6.53. The van der Waals surface area contributed by atoms with Gasteiger partial charge in [-0.25, -0.2) is 0 Å². The maximum Gasteiger partial charge on any atom is 0.0656 e. The van der Waals surface area contributed by atoms with Crippen LogP contribution in [-0.2, 0) is 9.47 Å². The highest BCUT2D eigenvalue weighted by atomic mass is 79.9. The fraction of sp³-hybridized carbons (Fsp3) is 1.00. The lowest BCUT2D eigenvalue weighted by Gasteiger charge is -2.54. The van der Waals surface area contributed by atoms with Crippen molar-refractivity contribution in [1.82, 2.24) is 0 Å². The summed E-state index contributed by atoms with van der Waals surface area (Å²) in [5, 5.41) is 0. The molecule has 3 aliphatic rings. The highest BCUT2D eigenvalue weighted by molar-refractivity contribution is 9.09. The van der Waals surface area contributed by atoms with Crippen LogP contribution in [0.4, 0.5) is 0 Å². The maximum atomic E-state index is 6.44. The van der Waals surface area contributed by atoms with Gasteiger partial charge >= 0.3 is 0 Å². The Hall–Kier alpha value is 0.400. The second-order valence-electron chi connectivity index (χ2n) is 6.29. The SMILES string of the molecule is BrC1CC(OC2CCOCC2)C12CCCCCC2. The number of ether oxygens (including phenoxy) is 2. The minimum absolute atomic E-state index is 0.462. The standard InChI is InChI=1S/C15H25BrO2/c16-13-11-14(18-12-5-9-17-10-6-12)15(13)7-3-1-2-4-8-15/h12-14H,1-11H2. The second-order valence-corrected chi connectivity index (χ2v) is 7.39. The van der Waals surface area contributed by atoms with E-state index in [0.717, 1.165) is 26.1 Å². The summed E-state index contributed by atoms with van der Waals surface area (Å²) in [7, 11) is 0. The number of hydrogen-bond acceptors (Lipinski definition) is 2. The fourth-order valence-electron chi connectivity index (χ4n) is 3.96. The van der Waals surface area contributed by atoms with Crippen molar-refractivity contribution in [1.29, 1.82) is 0 Å². The van der Waals surface area contributed by atoms with Gasteiger partial charge in [0.2, 0.25) is 0 Å². The Balaban J connectivity index is 1.61. The number of hydrogen-bond donors (Lipinski definition) is 0. The van der Waals surface area contributed by atoms with Crippen molar-refractivity contribution in [3.05, 3.63) is 0 Å². The first-order valence-electron chi connectivity index (χ1n) is 7.68. The third-order valence-electron chi connectivity index (χ3n) is 5.25. The van der Waals surface area contributed by atoms with E-state index in [1.165, 1.54) is 44.9 Å². The molecule has 3 rings (SSSR count). The molecule has 3 fully saturated rings. The maximum absolute atomic E-state index is 6.44. The average Bonchev–Trinajstić information content (AvgIpc) is 2.67. The highest BCUT2D eigenvalue weighted by Crippen LogP contribution is 2.56. The molecule has 1 aliphatic heterocycles. The highest BCUT2D eigenvalue weighted by Gasteiger charge is 2.54. The first kappa shape index (κ1) is 13.4. The summed E-state index contributed by atoms with van der Waals surface area (Å²) >= 11 is 3.91. The molecule has 18 heavy (non-hydrogen) atoms. The van der Waals surface area contributed by atoms with E-state index < -0.39 is 0 Å². The van der Waals surface area contributed by atoms with Gasteiger partial charge in [0, 0.05) is 23.5 Å². The molecule has 104 valence electrons. The Kier molecular flexibility index (Phi) is 4.32. The molecule has 2 saturated carbocycles. The summed E-state index contributed by atoms with van der Waals surface area (Å²) in [4.78, 5) is 0.702. The predicted octanol–water partition coefficient (Wildman–Crippen LogP) is 4.06. The van der Waals surface area contributed by atoms with E-state index in [2.05, 4.69) is 15.9 Å². The molecule has 2 unspecified atom stereocenters. The van der Waals surface area contributed by atoms with Crippen molar-refractivity contribution in [3.63, 3.8) is 0 Å². The molecule has 2 atom stereocenters. The van der Waals surface area contributed by atoms with Gasteiger partial charge in [0.05, 0.1) is 12.2 Å². The van der Waals surface area contributed by atoms with E-state index in [0.29, 0.717) is 22.5 Å². The zero-order chi connectivity index (χ0) is 12.4. The van der Waals surface area contributed by atoms with Gasteiger partial charge in [-0.15, -0.1) is 0 Å². The summed E-state index contributed by atoms with van der Waals surface area (Å²) < 4.78 is 11.9. The van der Waals surface area contributed by atoms with E-state index in [1.54, 1.807) is 0 Å². The molecule has 1 saturated heterocycles. The Bertz CT molecular complexity index is 268. The summed E-state index contributed by atoms with van der Waals surface area (Å²) in [6.07, 6.45) is 12.8. The van der Waals surface area contributed by atoms with Gasteiger partial charge in [-0.1, -0.05) is 41.6 Å². The normalized spacial score (nSPS) is 37.2. The van der Waals surface area contributed by atoms with Gasteiger partial charge in [-0.3, -0.25) is 0 Å². The van der Waals surface area contributed by atoms with Crippen LogP contribution in [0.3, 0.4) is 0 Å². The molecule has 0 aromatic rings. The summed E-state index contributed by atoms with van der Waals surface area (Å²) in [6, 6.07) is 0. The lowest BCUT2D eigenvalue weighted by molar-refractivity contribution is -0.160. The number of rotatable bonds is 2. The van der Waals surface area contributed by atoms with Crippen LogP contribution in [0.1, 0.15) is 57.8 Å². The van der Waals surface area contributed by atoms with E-state index in [-0.39, 0.29) is 0 Å². The van der Waals surface area contributed by atoms with Crippen molar-refractivity contribution in [2.24, 2.45) is 5.41 Å². The molecular weight excluding hydrogens is 292 g/mol. The van der Waals surface area contributed by atoms with E-state index >= 15 is 0 Å². The van der Waals surface area contributed by atoms with Crippen molar-refractivity contribution in [2.75, 3.05) is 13.2 Å². The molecule has 0 amide bonds. The molecule has 0 bridgehead atoms. The van der Waals surface area contributed by atoms with Gasteiger partial charge in [-0.05, 0) is 32.1 Å². The molecule has 2 aliphatic carbocycles. The summed E-state index contributed by atoms with van der Waals surface area (Å²) in [5.41, 5.74) is 0.467. The molecular formula is C15H25BrO2. The summed E-state index contributed by atoms with van der Waals surface area (Å²) in [6.45, 7) is 1.78. The van der Waals surface area contributed by atoms with Crippen molar-refractivity contribution >= 4 is 15.9 Å². The third kappa shape index (κ3) is 2.51. The second kappa shape index (κ2) is 5.80. The number of halogens is 1. The van der Waals surface area contributed by atoms with Crippen molar-refractivity contribution in [3.8, 4) is 0 Å². The summed E-state index contributed by atoms with van der Waals surface area (Å²) in [5.74, 6) is 0. The number of alkyl halides is 1. The quantitative estimate of drug-likeness (QED) is 0.715. The Morgan fingerprint density at radius 1 is 1.00 bits per heavy atom. The molecule has 2 nitrogen and oxygen atoms in total. The van der Waals surface area contributed by atoms with Gasteiger partial charge in [0.1, 0.15) is 0 Å². The molecule has 0 aromatic heterocycles. The Labute approximate surface area is 119 Å². The predicted molar refractivity (Wildman–Crippen MR) is 76.2 cm³/mol. The molecule has 3 heteroatoms. The zero-order valence-electron chi connectivity index (χ0n) is 11.2. The largest absolute Gasteiger partial charge is 0.381 e. The Morgan fingerprint density at radius 3 is 2.28 bits per heavy atom. The van der Waals surface area contributed by atoms with E-state index in [4.69, 9.17) is 9.47 Å². The van der Waals surface area contributed by atoms with Gasteiger partial charge in [-0.2, -0.15) is 0 Å². The van der Waals surface area contributed by atoms with Crippen LogP contribution < -0.4 is 0 Å². The molecule has 0 radical (unpaired) electrons. The van der Waals surface area contributed by atoms with Gasteiger partial charge < -0.3 is 9.47 Å². The molecule has 1 heterocycles. The van der Waals surface area contributed by atoms with Crippen LogP contribution in [-0.4, -0.2) is 30.2 Å². The monoisotopic (exact) mass is 316 g/mol. The minimum atomic E-state index is 0.462. The average molecular weight is 317 g/mol. The van der Waals surface area contributed by atoms with Crippen LogP contribution in [0, 0.1) is 5.41 Å². The first-order chi connectivity index (χ1) is 8.81. The zero-order valence-corrected chi connectivity index (χ0v) is 12.8.